The van der Waals surface area contributed by atoms with Gasteiger partial charge in [0.05, 0.1) is 18.5 Å². The number of nitrogen functional groups attached to an aromatic ring is 1. The van der Waals surface area contributed by atoms with E-state index in [1.165, 1.54) is 6.42 Å². The summed E-state index contributed by atoms with van der Waals surface area (Å²) in [6.45, 7) is 4.41. The van der Waals surface area contributed by atoms with Crippen molar-refractivity contribution in [2.45, 2.75) is 26.7 Å². The van der Waals surface area contributed by atoms with Crippen molar-refractivity contribution in [1.29, 1.82) is 0 Å². The molecule has 0 aliphatic heterocycles. The first-order valence-electron chi connectivity index (χ1n) is 6.88. The lowest BCUT2D eigenvalue weighted by atomic mass is 10.2. The molecule has 20 heavy (non-hydrogen) atoms. The Morgan fingerprint density at radius 3 is 2.85 bits per heavy atom. The second-order valence-electron chi connectivity index (χ2n) is 4.84. The molecule has 0 saturated carbocycles. The average Bonchev–Trinajstić information content (AvgIpc) is 2.45. The van der Waals surface area contributed by atoms with Crippen molar-refractivity contribution in [3.63, 3.8) is 0 Å². The van der Waals surface area contributed by atoms with E-state index in [2.05, 4.69) is 19.2 Å². The minimum atomic E-state index is -0.00137. The first kappa shape index (κ1) is 16.7. The number of amides is 1. The Hall–Kier alpha value is -1.36. The highest BCUT2D eigenvalue weighted by Gasteiger charge is 2.07. The number of nitrogens with one attached hydrogen (secondary N) is 1. The Kier molecular flexibility index (Phi) is 7.30. The van der Waals surface area contributed by atoms with Gasteiger partial charge in [-0.05, 0) is 23.8 Å². The zero-order valence-electron chi connectivity index (χ0n) is 12.4. The van der Waals surface area contributed by atoms with Gasteiger partial charge >= 0.3 is 0 Å². The first-order chi connectivity index (χ1) is 9.56. The van der Waals surface area contributed by atoms with Crippen LogP contribution in [0.5, 0.6) is 5.75 Å². The molecule has 3 N–H and O–H groups in total. The summed E-state index contributed by atoms with van der Waals surface area (Å²) in [6, 6.07) is 5.25. The summed E-state index contributed by atoms with van der Waals surface area (Å²) in [5.74, 6) is 3.34. The van der Waals surface area contributed by atoms with Gasteiger partial charge in [-0.1, -0.05) is 20.3 Å². The van der Waals surface area contributed by atoms with Crippen molar-refractivity contribution in [3.05, 3.63) is 18.2 Å². The van der Waals surface area contributed by atoms with E-state index in [4.69, 9.17) is 10.5 Å². The van der Waals surface area contributed by atoms with Crippen LogP contribution in [0.4, 0.5) is 11.4 Å². The first-order valence-corrected chi connectivity index (χ1v) is 8.03. The summed E-state index contributed by atoms with van der Waals surface area (Å²) in [5, 5.41) is 2.83. The normalized spacial score (nSPS) is 11.9. The van der Waals surface area contributed by atoms with Gasteiger partial charge in [-0.2, -0.15) is 11.8 Å². The fraction of sp³-hybridized carbons (Fsp3) is 0.533. The van der Waals surface area contributed by atoms with Gasteiger partial charge in [-0.25, -0.2) is 0 Å². The minimum Gasteiger partial charge on any atom is -0.497 e. The van der Waals surface area contributed by atoms with Crippen molar-refractivity contribution in [3.8, 4) is 5.75 Å². The van der Waals surface area contributed by atoms with Gasteiger partial charge in [0, 0.05) is 18.2 Å². The second kappa shape index (κ2) is 8.74. The summed E-state index contributed by atoms with van der Waals surface area (Å²) in [5.41, 5.74) is 7.02. The van der Waals surface area contributed by atoms with Crippen LogP contribution in [0.15, 0.2) is 18.2 Å². The Morgan fingerprint density at radius 2 is 2.25 bits per heavy atom. The lowest BCUT2D eigenvalue weighted by Crippen LogP contribution is -2.14. The van der Waals surface area contributed by atoms with E-state index in [0.29, 0.717) is 29.5 Å². The van der Waals surface area contributed by atoms with E-state index < -0.39 is 0 Å². The Morgan fingerprint density at radius 1 is 1.50 bits per heavy atom. The second-order valence-corrected chi connectivity index (χ2v) is 5.99. The van der Waals surface area contributed by atoms with Crippen molar-refractivity contribution in [1.82, 2.24) is 0 Å². The molecule has 0 aromatic heterocycles. The molecule has 1 rings (SSSR count). The summed E-state index contributed by atoms with van der Waals surface area (Å²) in [6.07, 6.45) is 1.69. The predicted octanol–water partition coefficient (Wildman–Crippen LogP) is 3.39. The number of hydrogen-bond acceptors (Lipinski definition) is 4. The highest BCUT2D eigenvalue weighted by Crippen LogP contribution is 2.24. The SMILES string of the molecule is CCC(C)CSCCC(=O)Nc1ccc(OC)cc1N. The molecule has 1 atom stereocenters. The maximum Gasteiger partial charge on any atom is 0.225 e. The van der Waals surface area contributed by atoms with Crippen LogP contribution in [0.2, 0.25) is 0 Å². The van der Waals surface area contributed by atoms with Crippen LogP contribution in [0, 0.1) is 5.92 Å². The zero-order valence-corrected chi connectivity index (χ0v) is 13.3. The molecule has 0 fully saturated rings. The molecular formula is C15H24N2O2S. The van der Waals surface area contributed by atoms with Gasteiger partial charge in [0.15, 0.2) is 0 Å². The molecular weight excluding hydrogens is 272 g/mol. The van der Waals surface area contributed by atoms with E-state index in [1.54, 1.807) is 25.3 Å². The maximum absolute atomic E-state index is 11.8. The van der Waals surface area contributed by atoms with Crippen LogP contribution in [0.1, 0.15) is 26.7 Å². The topological polar surface area (TPSA) is 64.3 Å². The molecule has 112 valence electrons. The largest absolute Gasteiger partial charge is 0.497 e. The fourth-order valence-corrected chi connectivity index (χ4v) is 2.70. The average molecular weight is 296 g/mol. The van der Waals surface area contributed by atoms with Gasteiger partial charge in [-0.15, -0.1) is 0 Å². The maximum atomic E-state index is 11.8. The van der Waals surface area contributed by atoms with E-state index in [0.717, 1.165) is 11.5 Å². The van der Waals surface area contributed by atoms with Crippen molar-refractivity contribution in [2.24, 2.45) is 5.92 Å². The van der Waals surface area contributed by atoms with Gasteiger partial charge < -0.3 is 15.8 Å². The molecule has 1 aromatic rings. The summed E-state index contributed by atoms with van der Waals surface area (Å²) < 4.78 is 5.07. The smallest absolute Gasteiger partial charge is 0.225 e. The van der Waals surface area contributed by atoms with E-state index in [-0.39, 0.29) is 5.91 Å². The number of thioether (sulfide) groups is 1. The quantitative estimate of drug-likeness (QED) is 0.570. The van der Waals surface area contributed by atoms with Crippen LogP contribution in [0.25, 0.3) is 0 Å². The highest BCUT2D eigenvalue weighted by molar-refractivity contribution is 7.99. The standard InChI is InChI=1S/C15H24N2O2S/c1-4-11(2)10-20-8-7-15(18)17-14-6-5-12(19-3)9-13(14)16/h5-6,9,11H,4,7-8,10,16H2,1-3H3,(H,17,18). The number of methoxy groups -OCH3 is 1. The lowest BCUT2D eigenvalue weighted by molar-refractivity contribution is -0.115. The molecule has 0 aliphatic carbocycles. The number of rotatable bonds is 8. The van der Waals surface area contributed by atoms with Gasteiger partial charge in [-0.3, -0.25) is 4.79 Å². The number of hydrogen-bond donors (Lipinski definition) is 2. The molecule has 0 heterocycles. The van der Waals surface area contributed by atoms with Crippen LogP contribution in [-0.2, 0) is 4.79 Å². The van der Waals surface area contributed by atoms with Gasteiger partial charge in [0.2, 0.25) is 5.91 Å². The van der Waals surface area contributed by atoms with Crippen LogP contribution < -0.4 is 15.8 Å². The molecule has 1 aromatic carbocycles. The van der Waals surface area contributed by atoms with E-state index in [1.807, 2.05) is 11.8 Å². The number of ether oxygens (including phenoxy) is 1. The Labute approximate surface area is 125 Å². The number of carbonyl (C=O) groups excluding carboxylic acids is 1. The summed E-state index contributed by atoms with van der Waals surface area (Å²) >= 11 is 1.82. The third-order valence-electron chi connectivity index (χ3n) is 3.11. The number of nitrogens with two attached hydrogens (primary N) is 1. The predicted molar refractivity (Wildman–Crippen MR) is 87.4 cm³/mol. The Bertz CT molecular complexity index is 438. The van der Waals surface area contributed by atoms with E-state index >= 15 is 0 Å². The number of benzene rings is 1. The summed E-state index contributed by atoms with van der Waals surface area (Å²) in [4.78, 5) is 11.8. The highest BCUT2D eigenvalue weighted by atomic mass is 32.2. The monoisotopic (exact) mass is 296 g/mol. The summed E-state index contributed by atoms with van der Waals surface area (Å²) in [7, 11) is 1.58. The minimum absolute atomic E-state index is 0.00137. The number of carbonyl (C=O) groups is 1. The Balaban J connectivity index is 2.35. The van der Waals surface area contributed by atoms with Crippen LogP contribution >= 0.6 is 11.8 Å². The number of anilines is 2. The van der Waals surface area contributed by atoms with E-state index in [9.17, 15) is 4.79 Å². The molecule has 4 nitrogen and oxygen atoms in total. The third-order valence-corrected chi connectivity index (χ3v) is 4.40. The van der Waals surface area contributed by atoms with Crippen LogP contribution in [0.3, 0.4) is 0 Å². The lowest BCUT2D eigenvalue weighted by Gasteiger charge is -2.10. The molecule has 0 saturated heterocycles. The van der Waals surface area contributed by atoms with Crippen LogP contribution in [-0.4, -0.2) is 24.5 Å². The third kappa shape index (κ3) is 5.74. The zero-order chi connectivity index (χ0) is 15.0. The fourth-order valence-electron chi connectivity index (χ4n) is 1.56. The van der Waals surface area contributed by atoms with Crippen molar-refractivity contribution in [2.75, 3.05) is 29.7 Å². The van der Waals surface area contributed by atoms with Gasteiger partial charge in [0.1, 0.15) is 5.75 Å². The molecule has 5 heteroatoms. The molecule has 0 aliphatic rings. The molecule has 0 spiro atoms. The molecule has 0 bridgehead atoms. The molecule has 1 amide bonds. The molecule has 1 unspecified atom stereocenters. The van der Waals surface area contributed by atoms with Crippen molar-refractivity contribution >= 4 is 29.0 Å². The van der Waals surface area contributed by atoms with Crippen molar-refractivity contribution < 1.29 is 9.53 Å². The molecule has 0 radical (unpaired) electrons. The van der Waals surface area contributed by atoms with Gasteiger partial charge in [0.25, 0.3) is 0 Å².